The van der Waals surface area contributed by atoms with E-state index in [-0.39, 0.29) is 0 Å². The van der Waals surface area contributed by atoms with Crippen LogP contribution in [0.15, 0.2) is 0 Å². The maximum atomic E-state index is 12.1. The van der Waals surface area contributed by atoms with Crippen molar-refractivity contribution in [3.63, 3.8) is 0 Å². The number of hydrogen-bond donors (Lipinski definition) is 1. The second-order valence-electron chi connectivity index (χ2n) is 5.09. The van der Waals surface area contributed by atoms with Gasteiger partial charge in [-0.05, 0) is 0 Å². The van der Waals surface area contributed by atoms with Crippen molar-refractivity contribution in [1.82, 2.24) is 0 Å². The Balaban J connectivity index is 5.84. The molecule has 0 heterocycles. The van der Waals surface area contributed by atoms with E-state index < -0.39 is 67.0 Å². The van der Waals surface area contributed by atoms with Crippen LogP contribution in [-0.2, 0) is 47.7 Å². The summed E-state index contributed by atoms with van der Waals surface area (Å²) in [6, 6.07) is 0. The number of ketones is 1. The zero-order valence-electron chi connectivity index (χ0n) is 14.7. The van der Waals surface area contributed by atoms with E-state index in [0.29, 0.717) is 0 Å². The third-order valence-electron chi connectivity index (χ3n) is 2.67. The molecule has 0 bridgehead atoms. The minimum atomic E-state index is -1.88. The van der Waals surface area contributed by atoms with Gasteiger partial charge in [0.15, 0.2) is 18.0 Å². The van der Waals surface area contributed by atoms with Crippen molar-refractivity contribution in [2.75, 3.05) is 6.61 Å². The van der Waals surface area contributed by atoms with Gasteiger partial charge in [-0.25, -0.2) is 0 Å². The highest BCUT2D eigenvalue weighted by molar-refractivity contribution is 5.98. The molecule has 0 aromatic heterocycles. The molecule has 0 unspecified atom stereocenters. The van der Waals surface area contributed by atoms with E-state index in [4.69, 9.17) is 24.1 Å². The van der Waals surface area contributed by atoms with Crippen LogP contribution in [0.3, 0.4) is 0 Å². The van der Waals surface area contributed by atoms with E-state index in [0.717, 1.165) is 27.7 Å². The Bertz CT molecular complexity index is 580. The number of carbonyl (C=O) groups excluding carboxylic acids is 5. The number of Topliss-reactive ketones (excluding diaryl/α,β-unsaturated/α-hetero) is 1. The van der Waals surface area contributed by atoms with Crippen LogP contribution < -0.4 is 0 Å². The molecule has 11 heteroatoms. The van der Waals surface area contributed by atoms with E-state index >= 15 is 0 Å². The lowest BCUT2D eigenvalue weighted by Crippen LogP contribution is -2.51. The van der Waals surface area contributed by atoms with E-state index in [1.54, 1.807) is 0 Å². The van der Waals surface area contributed by atoms with Crippen molar-refractivity contribution in [2.24, 2.45) is 0 Å². The average Bonchev–Trinajstić information content (AvgIpc) is 2.45. The molecule has 0 aromatic rings. The van der Waals surface area contributed by atoms with Gasteiger partial charge in [0, 0.05) is 27.7 Å². The first kappa shape index (κ1) is 23.0. The molecule has 3 atom stereocenters. The number of ether oxygens (including phenoxy) is 4. The number of aliphatic carboxylic acids is 1. The second kappa shape index (κ2) is 10.8. The third-order valence-corrected chi connectivity index (χ3v) is 2.67. The molecule has 11 nitrogen and oxygen atoms in total. The van der Waals surface area contributed by atoms with E-state index in [2.05, 4.69) is 0 Å². The number of esters is 4. The molecule has 26 heavy (non-hydrogen) atoms. The molecule has 0 radical (unpaired) electrons. The SMILES string of the molecule is CC(=O)OC[C@@H](OC(C)=O)[C@@H](OC(C)=O)[C@H](OC(C)=O)C(=O)CC(=O)O. The van der Waals surface area contributed by atoms with Gasteiger partial charge in [-0.3, -0.25) is 28.8 Å². The standard InChI is InChI=1S/C15H20O11/c1-7(16)23-6-12(24-8(2)17)15(26-10(4)19)14(25-9(3)18)11(20)5-13(21)22/h12,14-15H,5-6H2,1-4H3,(H,21,22)/t12-,14-,15-/m1/s1. The predicted molar refractivity (Wildman–Crippen MR) is 80.6 cm³/mol. The lowest BCUT2D eigenvalue weighted by atomic mass is 10.0. The van der Waals surface area contributed by atoms with Crippen LogP contribution in [0, 0.1) is 0 Å². The molecule has 0 saturated heterocycles. The van der Waals surface area contributed by atoms with Crippen LogP contribution in [0.25, 0.3) is 0 Å². The summed E-state index contributed by atoms with van der Waals surface area (Å²) in [5.41, 5.74) is 0. The fourth-order valence-electron chi connectivity index (χ4n) is 1.88. The van der Waals surface area contributed by atoms with Gasteiger partial charge in [0.05, 0.1) is 0 Å². The van der Waals surface area contributed by atoms with Gasteiger partial charge in [0.25, 0.3) is 0 Å². The Morgan fingerprint density at radius 2 is 1.27 bits per heavy atom. The summed E-state index contributed by atoms with van der Waals surface area (Å²) in [4.78, 5) is 67.9. The highest BCUT2D eigenvalue weighted by atomic mass is 16.6. The zero-order valence-corrected chi connectivity index (χ0v) is 14.7. The third kappa shape index (κ3) is 9.35. The molecule has 0 aliphatic rings. The van der Waals surface area contributed by atoms with Gasteiger partial charge in [0.2, 0.25) is 6.10 Å². The first-order valence-corrected chi connectivity index (χ1v) is 7.33. The summed E-state index contributed by atoms with van der Waals surface area (Å²) in [5, 5.41) is 8.77. The Morgan fingerprint density at radius 3 is 1.65 bits per heavy atom. The molecule has 0 rings (SSSR count). The summed E-state index contributed by atoms with van der Waals surface area (Å²) < 4.78 is 19.3. The van der Waals surface area contributed by atoms with E-state index in [9.17, 15) is 28.8 Å². The lowest BCUT2D eigenvalue weighted by molar-refractivity contribution is -0.190. The fourth-order valence-corrected chi connectivity index (χ4v) is 1.88. The van der Waals surface area contributed by atoms with E-state index in [1.807, 2.05) is 0 Å². The van der Waals surface area contributed by atoms with Crippen molar-refractivity contribution in [2.45, 2.75) is 52.4 Å². The molecule has 0 spiro atoms. The van der Waals surface area contributed by atoms with Crippen molar-refractivity contribution in [3.05, 3.63) is 0 Å². The monoisotopic (exact) mass is 376 g/mol. The summed E-state index contributed by atoms with van der Waals surface area (Å²) >= 11 is 0. The van der Waals surface area contributed by atoms with Crippen LogP contribution >= 0.6 is 0 Å². The van der Waals surface area contributed by atoms with Gasteiger partial charge in [-0.1, -0.05) is 0 Å². The molecule has 0 amide bonds. The van der Waals surface area contributed by atoms with Crippen molar-refractivity contribution < 1.29 is 52.8 Å². The van der Waals surface area contributed by atoms with Crippen molar-refractivity contribution >= 4 is 35.6 Å². The number of carbonyl (C=O) groups is 6. The van der Waals surface area contributed by atoms with Crippen molar-refractivity contribution in [3.8, 4) is 0 Å². The van der Waals surface area contributed by atoms with Gasteiger partial charge < -0.3 is 24.1 Å². The molecule has 0 aliphatic heterocycles. The first-order chi connectivity index (χ1) is 11.9. The topological polar surface area (TPSA) is 160 Å². The first-order valence-electron chi connectivity index (χ1n) is 7.33. The molecule has 146 valence electrons. The molecular formula is C15H20O11. The maximum absolute atomic E-state index is 12.1. The summed E-state index contributed by atoms with van der Waals surface area (Å²) in [6.45, 7) is 3.36. The van der Waals surface area contributed by atoms with Gasteiger partial charge in [-0.2, -0.15) is 0 Å². The quantitative estimate of drug-likeness (QED) is 0.294. The smallest absolute Gasteiger partial charge is 0.311 e. The maximum Gasteiger partial charge on any atom is 0.311 e. The predicted octanol–water partition coefficient (Wildman–Crippen LogP) is -0.612. The number of carboxylic acid groups (broad SMARTS) is 1. The van der Waals surface area contributed by atoms with E-state index in [1.165, 1.54) is 0 Å². The van der Waals surface area contributed by atoms with Crippen LogP contribution in [0.2, 0.25) is 0 Å². The largest absolute Gasteiger partial charge is 0.481 e. The van der Waals surface area contributed by atoms with Gasteiger partial charge >= 0.3 is 29.8 Å². The van der Waals surface area contributed by atoms with Crippen LogP contribution in [0.4, 0.5) is 0 Å². The van der Waals surface area contributed by atoms with Gasteiger partial charge in [0.1, 0.15) is 13.0 Å². The van der Waals surface area contributed by atoms with Crippen LogP contribution in [0.5, 0.6) is 0 Å². The molecular weight excluding hydrogens is 356 g/mol. The second-order valence-corrected chi connectivity index (χ2v) is 5.09. The molecule has 0 fully saturated rings. The Morgan fingerprint density at radius 1 is 0.769 bits per heavy atom. The Kier molecular flexibility index (Phi) is 9.56. The van der Waals surface area contributed by atoms with Gasteiger partial charge in [-0.15, -0.1) is 0 Å². The molecule has 0 saturated carbocycles. The minimum Gasteiger partial charge on any atom is -0.481 e. The number of carboxylic acids is 1. The molecule has 0 aliphatic carbocycles. The van der Waals surface area contributed by atoms with Crippen LogP contribution in [-0.4, -0.2) is 65.7 Å². The number of rotatable bonds is 10. The lowest BCUT2D eigenvalue weighted by Gasteiger charge is -2.30. The zero-order chi connectivity index (χ0) is 20.4. The number of hydrogen-bond acceptors (Lipinski definition) is 10. The Labute approximate surface area is 148 Å². The summed E-state index contributed by atoms with van der Waals surface area (Å²) in [7, 11) is 0. The highest BCUT2D eigenvalue weighted by Gasteiger charge is 2.42. The summed E-state index contributed by atoms with van der Waals surface area (Å²) in [6.07, 6.45) is -6.16. The summed E-state index contributed by atoms with van der Waals surface area (Å²) in [5.74, 6) is -6.16. The fraction of sp³-hybridized carbons (Fsp3) is 0.600. The highest BCUT2D eigenvalue weighted by Crippen LogP contribution is 2.17. The average molecular weight is 376 g/mol. The van der Waals surface area contributed by atoms with Crippen molar-refractivity contribution in [1.29, 1.82) is 0 Å². The normalized spacial score (nSPS) is 13.5. The minimum absolute atomic E-state index is 0.620. The van der Waals surface area contributed by atoms with Crippen LogP contribution in [0.1, 0.15) is 34.1 Å². The Hall–Kier alpha value is -2.98. The molecule has 1 N–H and O–H groups in total. The molecule has 0 aromatic carbocycles.